The molecule has 1 N–H and O–H groups in total. The Bertz CT molecular complexity index is 1470. The van der Waals surface area contributed by atoms with Crippen LogP contribution >= 0.6 is 0 Å². The van der Waals surface area contributed by atoms with Gasteiger partial charge in [-0.3, -0.25) is 23.7 Å². The molecule has 0 radical (unpaired) electrons. The van der Waals surface area contributed by atoms with Gasteiger partial charge in [-0.2, -0.15) is 0 Å². The van der Waals surface area contributed by atoms with E-state index in [0.717, 1.165) is 24.0 Å². The zero-order chi connectivity index (χ0) is 23.5. The first kappa shape index (κ1) is 22.0. The highest BCUT2D eigenvalue weighted by Gasteiger charge is 2.23. The molecule has 3 heterocycles. The number of nitrogens with zero attached hydrogens (tertiary/aromatic N) is 3. The minimum atomic E-state index is -0.610. The fourth-order valence-electron chi connectivity index (χ4n) is 4.49. The van der Waals surface area contributed by atoms with E-state index in [1.54, 1.807) is 0 Å². The molecule has 0 amide bonds. The van der Waals surface area contributed by atoms with Crippen molar-refractivity contribution in [2.75, 3.05) is 6.61 Å². The summed E-state index contributed by atoms with van der Waals surface area (Å²) in [5.41, 5.74) is 1.17. The van der Waals surface area contributed by atoms with E-state index in [1.165, 1.54) is 9.13 Å². The number of aryl methyl sites for hydroxylation is 2. The second-order valence-electron chi connectivity index (χ2n) is 8.60. The average Bonchev–Trinajstić information content (AvgIpc) is 3.37. The summed E-state index contributed by atoms with van der Waals surface area (Å²) in [6.45, 7) is 1.12. The van der Waals surface area contributed by atoms with Crippen molar-refractivity contribution in [3.05, 3.63) is 109 Å². The Labute approximate surface area is 195 Å². The van der Waals surface area contributed by atoms with E-state index in [-0.39, 0.29) is 35.9 Å². The van der Waals surface area contributed by atoms with Crippen LogP contribution in [0.15, 0.2) is 75.0 Å². The Morgan fingerprint density at radius 3 is 2.29 bits per heavy atom. The number of hydrogen-bond donors (Lipinski definition) is 1. The monoisotopic (exact) mass is 458 g/mol. The largest absolute Gasteiger partial charge is 0.376 e. The number of H-pyrrole nitrogens is 1. The molecule has 0 spiro atoms. The smallest absolute Gasteiger partial charge is 0.330 e. The Morgan fingerprint density at radius 2 is 1.62 bits per heavy atom. The van der Waals surface area contributed by atoms with Crippen LogP contribution < -0.4 is 16.8 Å². The van der Waals surface area contributed by atoms with Gasteiger partial charge in [0.2, 0.25) is 0 Å². The zero-order valence-electron chi connectivity index (χ0n) is 18.8. The highest BCUT2D eigenvalue weighted by Crippen LogP contribution is 2.16. The van der Waals surface area contributed by atoms with Crippen LogP contribution in [-0.2, 0) is 30.7 Å². The summed E-state index contributed by atoms with van der Waals surface area (Å²) in [4.78, 5) is 46.3. The van der Waals surface area contributed by atoms with Crippen LogP contribution in [-0.4, -0.2) is 31.8 Å². The molecule has 8 nitrogen and oxygen atoms in total. The number of rotatable bonds is 7. The summed E-state index contributed by atoms with van der Waals surface area (Å²) in [5.74, 6) is 0. The fourth-order valence-corrected chi connectivity index (χ4v) is 4.49. The Morgan fingerprint density at radius 1 is 0.912 bits per heavy atom. The molecule has 2 aromatic carbocycles. The molecule has 0 saturated carbocycles. The molecule has 174 valence electrons. The maximum absolute atomic E-state index is 13.5. The molecule has 5 rings (SSSR count). The van der Waals surface area contributed by atoms with E-state index in [1.807, 2.05) is 60.7 Å². The summed E-state index contributed by atoms with van der Waals surface area (Å²) in [6, 6.07) is 19.3. The van der Waals surface area contributed by atoms with Gasteiger partial charge >= 0.3 is 5.69 Å². The molecule has 8 heteroatoms. The molecular weight excluding hydrogens is 432 g/mol. The van der Waals surface area contributed by atoms with Crippen molar-refractivity contribution in [2.45, 2.75) is 44.9 Å². The zero-order valence-corrected chi connectivity index (χ0v) is 18.8. The predicted molar refractivity (Wildman–Crippen MR) is 129 cm³/mol. The molecule has 1 unspecified atom stereocenters. The third kappa shape index (κ3) is 4.49. The topological polar surface area (TPSA) is 99.0 Å². The first-order valence-electron chi connectivity index (χ1n) is 11.6. The van der Waals surface area contributed by atoms with Crippen molar-refractivity contribution < 1.29 is 4.74 Å². The summed E-state index contributed by atoms with van der Waals surface area (Å²) in [7, 11) is 0. The van der Waals surface area contributed by atoms with E-state index < -0.39 is 11.2 Å². The average molecular weight is 459 g/mol. The van der Waals surface area contributed by atoms with Gasteiger partial charge in [-0.25, -0.2) is 9.78 Å². The Kier molecular flexibility index (Phi) is 6.22. The molecule has 34 heavy (non-hydrogen) atoms. The summed E-state index contributed by atoms with van der Waals surface area (Å²) in [6.07, 6.45) is 2.60. The van der Waals surface area contributed by atoms with Gasteiger partial charge in [-0.05, 0) is 36.8 Å². The van der Waals surface area contributed by atoms with Crippen molar-refractivity contribution in [3.63, 3.8) is 0 Å². The summed E-state index contributed by atoms with van der Waals surface area (Å²) in [5, 5.41) is 0. The second-order valence-corrected chi connectivity index (χ2v) is 8.60. The van der Waals surface area contributed by atoms with E-state index >= 15 is 0 Å². The number of aromatic amines is 1. The summed E-state index contributed by atoms with van der Waals surface area (Å²) >= 11 is 0. The standard InChI is InChI=1S/C26H26N4O4/c31-24-22-23(30(26(33)28-24)16-19-10-5-2-6-11-19)27-21(14-13-18-8-3-1-4-9-18)25(32)29(22)17-20-12-7-15-34-20/h1-6,8-11,20H,7,12-17H2,(H,28,31,33). The Hall–Kier alpha value is -3.78. The normalized spacial score (nSPS) is 15.7. The molecule has 0 aliphatic carbocycles. The van der Waals surface area contributed by atoms with Crippen LogP contribution in [0, 0.1) is 0 Å². The number of ether oxygens (including phenoxy) is 1. The first-order valence-corrected chi connectivity index (χ1v) is 11.6. The van der Waals surface area contributed by atoms with Crippen molar-refractivity contribution in [1.82, 2.24) is 19.1 Å². The van der Waals surface area contributed by atoms with Crippen LogP contribution in [0.25, 0.3) is 11.2 Å². The lowest BCUT2D eigenvalue weighted by molar-refractivity contribution is 0.0970. The molecule has 2 aromatic heterocycles. The second kappa shape index (κ2) is 9.61. The number of nitrogens with one attached hydrogen (secondary N) is 1. The van der Waals surface area contributed by atoms with Gasteiger partial charge in [0.1, 0.15) is 5.69 Å². The van der Waals surface area contributed by atoms with Crippen molar-refractivity contribution in [1.29, 1.82) is 0 Å². The summed E-state index contributed by atoms with van der Waals surface area (Å²) < 4.78 is 8.65. The third-order valence-electron chi connectivity index (χ3n) is 6.24. The molecule has 4 aromatic rings. The van der Waals surface area contributed by atoms with E-state index in [4.69, 9.17) is 4.74 Å². The lowest BCUT2D eigenvalue weighted by Crippen LogP contribution is -2.39. The van der Waals surface area contributed by atoms with Gasteiger partial charge in [-0.15, -0.1) is 0 Å². The molecular formula is C26H26N4O4. The predicted octanol–water partition coefficient (Wildman–Crippen LogP) is 2.26. The highest BCUT2D eigenvalue weighted by atomic mass is 16.5. The molecule has 1 saturated heterocycles. The molecule has 1 atom stereocenters. The van der Waals surface area contributed by atoms with Crippen molar-refractivity contribution >= 4 is 11.2 Å². The maximum atomic E-state index is 13.5. The quantitative estimate of drug-likeness (QED) is 0.458. The molecule has 1 fully saturated rings. The SMILES string of the molecule is O=c1[nH]c(=O)n(Cc2ccccc2)c2nc(CCc3ccccc3)c(=O)n(CC3CCCO3)c12. The van der Waals surface area contributed by atoms with Crippen LogP contribution in [0.2, 0.25) is 0 Å². The minimum absolute atomic E-state index is 0.111. The van der Waals surface area contributed by atoms with Crippen LogP contribution in [0.5, 0.6) is 0 Å². The van der Waals surface area contributed by atoms with Crippen LogP contribution in [0.3, 0.4) is 0 Å². The van der Waals surface area contributed by atoms with Crippen LogP contribution in [0.1, 0.15) is 29.7 Å². The molecule has 0 bridgehead atoms. The van der Waals surface area contributed by atoms with Crippen LogP contribution in [0.4, 0.5) is 0 Å². The van der Waals surface area contributed by atoms with E-state index in [0.29, 0.717) is 25.1 Å². The van der Waals surface area contributed by atoms with Crippen molar-refractivity contribution in [2.24, 2.45) is 0 Å². The Balaban J connectivity index is 1.67. The molecule has 1 aliphatic heterocycles. The van der Waals surface area contributed by atoms with Gasteiger partial charge in [0.15, 0.2) is 11.2 Å². The lowest BCUT2D eigenvalue weighted by atomic mass is 10.1. The van der Waals surface area contributed by atoms with E-state index in [2.05, 4.69) is 9.97 Å². The third-order valence-corrected chi connectivity index (χ3v) is 6.24. The minimum Gasteiger partial charge on any atom is -0.376 e. The number of benzene rings is 2. The van der Waals surface area contributed by atoms with Gasteiger partial charge in [0.25, 0.3) is 11.1 Å². The van der Waals surface area contributed by atoms with Gasteiger partial charge in [-0.1, -0.05) is 60.7 Å². The van der Waals surface area contributed by atoms with E-state index in [9.17, 15) is 14.4 Å². The number of fused-ring (bicyclic) bond motifs is 1. The maximum Gasteiger partial charge on any atom is 0.330 e. The lowest BCUT2D eigenvalue weighted by Gasteiger charge is -2.17. The fraction of sp³-hybridized carbons (Fsp3) is 0.308. The molecule has 1 aliphatic rings. The van der Waals surface area contributed by atoms with Gasteiger partial charge < -0.3 is 4.74 Å². The number of aromatic nitrogens is 4. The van der Waals surface area contributed by atoms with Crippen molar-refractivity contribution in [3.8, 4) is 0 Å². The van der Waals surface area contributed by atoms with Gasteiger partial charge in [0.05, 0.1) is 19.2 Å². The number of hydrogen-bond acceptors (Lipinski definition) is 5. The van der Waals surface area contributed by atoms with Gasteiger partial charge in [0, 0.05) is 6.61 Å². The highest BCUT2D eigenvalue weighted by molar-refractivity contribution is 5.69. The first-order chi connectivity index (χ1) is 16.6.